The molecule has 0 atom stereocenters. The molecule has 0 heterocycles. The highest BCUT2D eigenvalue weighted by atomic mass is 35.5. The number of methoxy groups -OCH3 is 1. The number of rotatable bonds is 5. The average Bonchev–Trinajstić information content (AvgIpc) is 2.46. The molecule has 5 heteroatoms. The van der Waals surface area contributed by atoms with Gasteiger partial charge in [0.25, 0.3) is 0 Å². The SMILES string of the molecule is COc1ccc(C(=O)COc2ccc(Cl)cc2Cl)cc1. The molecule has 0 unspecified atom stereocenters. The number of carbonyl (C=O) groups is 1. The van der Waals surface area contributed by atoms with Gasteiger partial charge >= 0.3 is 0 Å². The molecule has 0 saturated heterocycles. The first-order valence-corrected chi connectivity index (χ1v) is 6.61. The summed E-state index contributed by atoms with van der Waals surface area (Å²) in [4.78, 5) is 12.0. The summed E-state index contributed by atoms with van der Waals surface area (Å²) in [6.07, 6.45) is 0. The second-order valence-electron chi connectivity index (χ2n) is 4.02. The number of halogens is 2. The number of ether oxygens (including phenoxy) is 2. The first kappa shape index (κ1) is 14.7. The first-order chi connectivity index (χ1) is 9.60. The van der Waals surface area contributed by atoms with Gasteiger partial charge in [-0.05, 0) is 42.5 Å². The summed E-state index contributed by atoms with van der Waals surface area (Å²) in [5.41, 5.74) is 0.552. The van der Waals surface area contributed by atoms with E-state index < -0.39 is 0 Å². The molecule has 3 nitrogen and oxygen atoms in total. The largest absolute Gasteiger partial charge is 0.497 e. The van der Waals surface area contributed by atoms with Crippen molar-refractivity contribution in [2.24, 2.45) is 0 Å². The van der Waals surface area contributed by atoms with Gasteiger partial charge in [-0.2, -0.15) is 0 Å². The summed E-state index contributed by atoms with van der Waals surface area (Å²) in [6.45, 7) is -0.0896. The van der Waals surface area contributed by atoms with Crippen LogP contribution in [-0.4, -0.2) is 19.5 Å². The summed E-state index contributed by atoms with van der Waals surface area (Å²) in [5, 5.41) is 0.892. The summed E-state index contributed by atoms with van der Waals surface area (Å²) in [7, 11) is 1.57. The van der Waals surface area contributed by atoms with E-state index in [0.717, 1.165) is 0 Å². The van der Waals surface area contributed by atoms with Crippen LogP contribution < -0.4 is 9.47 Å². The molecule has 0 radical (unpaired) electrons. The van der Waals surface area contributed by atoms with Crippen molar-refractivity contribution < 1.29 is 14.3 Å². The number of ketones is 1. The molecular weight excluding hydrogens is 299 g/mol. The highest BCUT2D eigenvalue weighted by Crippen LogP contribution is 2.27. The van der Waals surface area contributed by atoms with Crippen LogP contribution in [0.1, 0.15) is 10.4 Å². The van der Waals surface area contributed by atoms with E-state index in [4.69, 9.17) is 32.7 Å². The summed E-state index contributed by atoms with van der Waals surface area (Å²) < 4.78 is 10.4. The number of hydrogen-bond acceptors (Lipinski definition) is 3. The fourth-order valence-electron chi connectivity index (χ4n) is 1.60. The third-order valence-corrected chi connectivity index (χ3v) is 3.20. The third kappa shape index (κ3) is 3.65. The molecule has 0 fully saturated rings. The lowest BCUT2D eigenvalue weighted by atomic mass is 10.1. The van der Waals surface area contributed by atoms with Crippen LogP contribution in [0.5, 0.6) is 11.5 Å². The Morgan fingerprint density at radius 3 is 2.40 bits per heavy atom. The molecule has 104 valence electrons. The minimum Gasteiger partial charge on any atom is -0.497 e. The fourth-order valence-corrected chi connectivity index (χ4v) is 2.06. The maximum Gasteiger partial charge on any atom is 0.200 e. The molecule has 0 N–H and O–H groups in total. The van der Waals surface area contributed by atoms with E-state index >= 15 is 0 Å². The molecular formula is C15H12Cl2O3. The van der Waals surface area contributed by atoms with Crippen LogP contribution in [0.2, 0.25) is 10.0 Å². The van der Waals surface area contributed by atoms with E-state index in [0.29, 0.717) is 27.1 Å². The predicted molar refractivity (Wildman–Crippen MR) is 79.3 cm³/mol. The number of Topliss-reactive ketones (excluding diaryl/α,β-unsaturated/α-hetero) is 1. The highest BCUT2D eigenvalue weighted by molar-refractivity contribution is 6.35. The second kappa shape index (κ2) is 6.64. The molecule has 0 aliphatic rings. The van der Waals surface area contributed by atoms with E-state index in [2.05, 4.69) is 0 Å². The lowest BCUT2D eigenvalue weighted by Gasteiger charge is -2.08. The van der Waals surface area contributed by atoms with Crippen LogP contribution in [0.4, 0.5) is 0 Å². The molecule has 0 amide bonds. The Morgan fingerprint density at radius 2 is 1.80 bits per heavy atom. The number of benzene rings is 2. The van der Waals surface area contributed by atoms with Gasteiger partial charge in [-0.3, -0.25) is 4.79 Å². The van der Waals surface area contributed by atoms with E-state index in [-0.39, 0.29) is 12.4 Å². The van der Waals surface area contributed by atoms with Gasteiger partial charge < -0.3 is 9.47 Å². The monoisotopic (exact) mass is 310 g/mol. The van der Waals surface area contributed by atoms with Gasteiger partial charge in [0.05, 0.1) is 12.1 Å². The predicted octanol–water partition coefficient (Wildman–Crippen LogP) is 4.26. The Kier molecular flexibility index (Phi) is 4.88. The van der Waals surface area contributed by atoms with Crippen LogP contribution in [0, 0.1) is 0 Å². The zero-order chi connectivity index (χ0) is 14.5. The molecule has 20 heavy (non-hydrogen) atoms. The molecule has 0 bridgehead atoms. The van der Waals surface area contributed by atoms with Crippen molar-refractivity contribution in [3.8, 4) is 11.5 Å². The molecule has 0 saturated carbocycles. The smallest absolute Gasteiger partial charge is 0.200 e. The lowest BCUT2D eigenvalue weighted by molar-refractivity contribution is 0.0921. The average molecular weight is 311 g/mol. The molecule has 2 aromatic rings. The standard InChI is InChI=1S/C15H12Cl2O3/c1-19-12-5-2-10(3-6-12)14(18)9-20-15-7-4-11(16)8-13(15)17/h2-8H,9H2,1H3. The summed E-state index contributed by atoms with van der Waals surface area (Å²) in [5.74, 6) is 0.986. The Bertz CT molecular complexity index is 609. The Morgan fingerprint density at radius 1 is 1.10 bits per heavy atom. The van der Waals surface area contributed by atoms with Gasteiger partial charge in [0, 0.05) is 10.6 Å². The van der Waals surface area contributed by atoms with Gasteiger partial charge in [-0.15, -0.1) is 0 Å². The van der Waals surface area contributed by atoms with Crippen molar-refractivity contribution in [2.45, 2.75) is 0 Å². The number of hydrogen-bond donors (Lipinski definition) is 0. The summed E-state index contributed by atoms with van der Waals surface area (Å²) >= 11 is 11.7. The lowest BCUT2D eigenvalue weighted by Crippen LogP contribution is -2.11. The van der Waals surface area contributed by atoms with E-state index in [1.54, 1.807) is 49.6 Å². The topological polar surface area (TPSA) is 35.5 Å². The molecule has 2 rings (SSSR count). The Balaban J connectivity index is 2.00. The first-order valence-electron chi connectivity index (χ1n) is 5.85. The summed E-state index contributed by atoms with van der Waals surface area (Å²) in [6, 6.07) is 11.7. The van der Waals surface area contributed by atoms with Crippen molar-refractivity contribution in [3.63, 3.8) is 0 Å². The van der Waals surface area contributed by atoms with Crippen molar-refractivity contribution in [3.05, 3.63) is 58.1 Å². The zero-order valence-corrected chi connectivity index (χ0v) is 12.2. The van der Waals surface area contributed by atoms with Gasteiger partial charge in [0.2, 0.25) is 0 Å². The highest BCUT2D eigenvalue weighted by Gasteiger charge is 2.09. The molecule has 0 aliphatic carbocycles. The third-order valence-electron chi connectivity index (χ3n) is 2.66. The molecule has 2 aromatic carbocycles. The van der Waals surface area contributed by atoms with Crippen molar-refractivity contribution in [2.75, 3.05) is 13.7 Å². The van der Waals surface area contributed by atoms with Crippen LogP contribution in [0.25, 0.3) is 0 Å². The number of carbonyl (C=O) groups excluding carboxylic acids is 1. The minimum absolute atomic E-state index is 0.0896. The Labute approximate surface area is 127 Å². The molecule has 0 aromatic heterocycles. The van der Waals surface area contributed by atoms with Crippen LogP contribution >= 0.6 is 23.2 Å². The normalized spacial score (nSPS) is 10.2. The van der Waals surface area contributed by atoms with Gasteiger partial charge in [-0.25, -0.2) is 0 Å². The van der Waals surface area contributed by atoms with Crippen LogP contribution in [-0.2, 0) is 0 Å². The quantitative estimate of drug-likeness (QED) is 0.774. The van der Waals surface area contributed by atoms with E-state index in [1.165, 1.54) is 0 Å². The van der Waals surface area contributed by atoms with Crippen molar-refractivity contribution in [1.29, 1.82) is 0 Å². The Hall–Kier alpha value is -1.71. The van der Waals surface area contributed by atoms with Crippen molar-refractivity contribution in [1.82, 2.24) is 0 Å². The fraction of sp³-hybridized carbons (Fsp3) is 0.133. The minimum atomic E-state index is -0.140. The van der Waals surface area contributed by atoms with Crippen LogP contribution in [0.15, 0.2) is 42.5 Å². The van der Waals surface area contributed by atoms with E-state index in [9.17, 15) is 4.79 Å². The molecule has 0 spiro atoms. The van der Waals surface area contributed by atoms with Gasteiger partial charge in [0.1, 0.15) is 11.5 Å². The van der Waals surface area contributed by atoms with Gasteiger partial charge in [-0.1, -0.05) is 23.2 Å². The molecule has 0 aliphatic heterocycles. The second-order valence-corrected chi connectivity index (χ2v) is 4.86. The van der Waals surface area contributed by atoms with Crippen LogP contribution in [0.3, 0.4) is 0 Å². The zero-order valence-electron chi connectivity index (χ0n) is 10.7. The maximum absolute atomic E-state index is 12.0. The van der Waals surface area contributed by atoms with Gasteiger partial charge in [0.15, 0.2) is 12.4 Å². The maximum atomic E-state index is 12.0. The van der Waals surface area contributed by atoms with Crippen molar-refractivity contribution >= 4 is 29.0 Å². The van der Waals surface area contributed by atoms with E-state index in [1.807, 2.05) is 0 Å².